The predicted molar refractivity (Wildman–Crippen MR) is 99.9 cm³/mol. The number of benzene rings is 1. The minimum absolute atomic E-state index is 0.0402. The highest BCUT2D eigenvalue weighted by Gasteiger charge is 2.11. The molecule has 0 fully saturated rings. The summed E-state index contributed by atoms with van der Waals surface area (Å²) in [5.74, 6) is 1.75. The third kappa shape index (κ3) is 7.93. The van der Waals surface area contributed by atoms with Gasteiger partial charge in [-0.05, 0) is 25.7 Å². The van der Waals surface area contributed by atoms with Crippen LogP contribution in [-0.4, -0.2) is 55.0 Å². The molecule has 0 unspecified atom stereocenters. The normalized spacial score (nSPS) is 11.2. The van der Waals surface area contributed by atoms with Gasteiger partial charge >= 0.3 is 0 Å². The lowest BCUT2D eigenvalue weighted by Gasteiger charge is -2.20. The Hall–Kier alpha value is -1.69. The first-order chi connectivity index (χ1) is 11.2. The number of hydrogen-bond donors (Lipinski definition) is 2. The fourth-order valence-electron chi connectivity index (χ4n) is 2.04. The lowest BCUT2D eigenvalue weighted by Crippen LogP contribution is -2.40. The van der Waals surface area contributed by atoms with Crippen LogP contribution < -0.4 is 10.6 Å². The molecule has 0 aliphatic rings. The highest BCUT2D eigenvalue weighted by molar-refractivity contribution is 7.98. The molecule has 0 atom stereocenters. The number of likely N-dealkylation sites (N-methyl/N-ethyl adjacent to an activating group) is 1. The summed E-state index contributed by atoms with van der Waals surface area (Å²) in [5, 5.41) is 6.39. The van der Waals surface area contributed by atoms with Gasteiger partial charge in [-0.2, -0.15) is 11.8 Å². The maximum atomic E-state index is 12.4. The van der Waals surface area contributed by atoms with Gasteiger partial charge in [-0.1, -0.05) is 30.3 Å². The van der Waals surface area contributed by atoms with Crippen molar-refractivity contribution in [3.63, 3.8) is 0 Å². The van der Waals surface area contributed by atoms with E-state index in [9.17, 15) is 4.79 Å². The van der Waals surface area contributed by atoms with Crippen molar-refractivity contribution in [1.29, 1.82) is 0 Å². The number of amides is 1. The number of nitrogens with zero attached hydrogens (tertiary/aromatic N) is 2. The number of nitrogens with one attached hydrogen (secondary N) is 2. The summed E-state index contributed by atoms with van der Waals surface area (Å²) < 4.78 is 0. The monoisotopic (exact) mass is 336 g/mol. The van der Waals surface area contributed by atoms with Gasteiger partial charge in [0.05, 0.1) is 0 Å². The van der Waals surface area contributed by atoms with E-state index in [1.54, 1.807) is 11.8 Å². The third-order valence-electron chi connectivity index (χ3n) is 3.27. The summed E-state index contributed by atoms with van der Waals surface area (Å²) in [4.78, 5) is 18.6. The summed E-state index contributed by atoms with van der Waals surface area (Å²) in [6.07, 6.45) is 2.07. The first kappa shape index (κ1) is 19.4. The molecule has 1 amide bonds. The molecule has 6 heteroatoms. The molecule has 1 aromatic carbocycles. The van der Waals surface area contributed by atoms with Crippen LogP contribution in [0.5, 0.6) is 0 Å². The van der Waals surface area contributed by atoms with Crippen LogP contribution in [-0.2, 0) is 11.3 Å². The maximum absolute atomic E-state index is 12.4. The fourth-order valence-corrected chi connectivity index (χ4v) is 2.35. The van der Waals surface area contributed by atoms with Crippen LogP contribution in [0.2, 0.25) is 0 Å². The molecule has 23 heavy (non-hydrogen) atoms. The van der Waals surface area contributed by atoms with Crippen molar-refractivity contribution in [3.05, 3.63) is 35.9 Å². The van der Waals surface area contributed by atoms with Gasteiger partial charge in [0.1, 0.15) is 6.54 Å². The van der Waals surface area contributed by atoms with E-state index in [1.807, 2.05) is 49.1 Å². The van der Waals surface area contributed by atoms with Crippen molar-refractivity contribution < 1.29 is 4.79 Å². The Labute approximate surface area is 143 Å². The van der Waals surface area contributed by atoms with Crippen molar-refractivity contribution in [3.8, 4) is 0 Å². The molecular formula is C17H28N4OS. The van der Waals surface area contributed by atoms with Crippen molar-refractivity contribution in [2.75, 3.05) is 38.2 Å². The molecule has 0 radical (unpaired) electrons. The zero-order valence-electron chi connectivity index (χ0n) is 14.3. The van der Waals surface area contributed by atoms with Gasteiger partial charge < -0.3 is 15.5 Å². The van der Waals surface area contributed by atoms with Gasteiger partial charge in [-0.25, -0.2) is 4.99 Å². The lowest BCUT2D eigenvalue weighted by atomic mass is 10.2. The van der Waals surface area contributed by atoms with Crippen molar-refractivity contribution >= 4 is 23.6 Å². The molecule has 0 heterocycles. The van der Waals surface area contributed by atoms with E-state index >= 15 is 0 Å². The standard InChI is InChI=1S/C17H28N4OS/c1-4-18-17(19-11-12-23-3)20-13-16(22)21(5-2)14-15-9-7-6-8-10-15/h6-10H,4-5,11-14H2,1-3H3,(H2,18,19,20). The van der Waals surface area contributed by atoms with Crippen molar-refractivity contribution in [2.24, 2.45) is 4.99 Å². The zero-order chi connectivity index (χ0) is 16.9. The average Bonchev–Trinajstić information content (AvgIpc) is 2.58. The number of hydrogen-bond acceptors (Lipinski definition) is 3. The van der Waals surface area contributed by atoms with Gasteiger partial charge in [0.15, 0.2) is 5.96 Å². The molecule has 2 N–H and O–H groups in total. The van der Waals surface area contributed by atoms with Crippen molar-refractivity contribution in [2.45, 2.75) is 20.4 Å². The second kappa shape index (κ2) is 11.8. The van der Waals surface area contributed by atoms with Gasteiger partial charge in [-0.3, -0.25) is 4.79 Å². The molecule has 5 nitrogen and oxygen atoms in total. The van der Waals surface area contributed by atoms with E-state index < -0.39 is 0 Å². The predicted octanol–water partition coefficient (Wildman–Crippen LogP) is 1.95. The molecule has 0 aliphatic carbocycles. The highest BCUT2D eigenvalue weighted by Crippen LogP contribution is 2.04. The topological polar surface area (TPSA) is 56.7 Å². The smallest absolute Gasteiger partial charge is 0.244 e. The lowest BCUT2D eigenvalue weighted by molar-refractivity contribution is -0.130. The average molecular weight is 337 g/mol. The van der Waals surface area contributed by atoms with Crippen LogP contribution in [0.25, 0.3) is 0 Å². The summed E-state index contributed by atoms with van der Waals surface area (Å²) in [7, 11) is 0. The van der Waals surface area contributed by atoms with E-state index in [4.69, 9.17) is 0 Å². The summed E-state index contributed by atoms with van der Waals surface area (Å²) >= 11 is 1.78. The van der Waals surface area contributed by atoms with Crippen LogP contribution in [0.1, 0.15) is 19.4 Å². The Balaban J connectivity index is 2.56. The number of thioether (sulfide) groups is 1. The van der Waals surface area contributed by atoms with E-state index in [0.717, 1.165) is 24.4 Å². The molecular weight excluding hydrogens is 308 g/mol. The Morgan fingerprint density at radius 3 is 2.57 bits per heavy atom. The first-order valence-corrected chi connectivity index (χ1v) is 9.43. The van der Waals surface area contributed by atoms with E-state index in [2.05, 4.69) is 21.9 Å². The van der Waals surface area contributed by atoms with Crippen molar-refractivity contribution in [1.82, 2.24) is 15.5 Å². The molecule has 1 rings (SSSR count). The molecule has 0 saturated carbocycles. The van der Waals surface area contributed by atoms with Gasteiger partial charge in [-0.15, -0.1) is 0 Å². The van der Waals surface area contributed by atoms with Crippen LogP contribution >= 0.6 is 11.8 Å². The number of carbonyl (C=O) groups excluding carboxylic acids is 1. The number of guanidine groups is 1. The molecule has 128 valence electrons. The molecule has 1 aromatic rings. The molecule has 0 spiro atoms. The van der Waals surface area contributed by atoms with Gasteiger partial charge in [0.25, 0.3) is 0 Å². The minimum Gasteiger partial charge on any atom is -0.357 e. The third-order valence-corrected chi connectivity index (χ3v) is 3.88. The SMILES string of the molecule is CCNC(=NCC(=O)N(CC)Cc1ccccc1)NCCSC. The van der Waals surface area contributed by atoms with Gasteiger partial charge in [0, 0.05) is 31.9 Å². The first-order valence-electron chi connectivity index (χ1n) is 8.04. The Morgan fingerprint density at radius 1 is 1.22 bits per heavy atom. The van der Waals surface area contributed by atoms with Crippen LogP contribution in [0.4, 0.5) is 0 Å². The molecule has 0 aromatic heterocycles. The Bertz CT molecular complexity index is 479. The molecule has 0 aliphatic heterocycles. The van der Waals surface area contributed by atoms with E-state index in [0.29, 0.717) is 19.0 Å². The summed E-state index contributed by atoms with van der Waals surface area (Å²) in [6.45, 7) is 7.09. The highest BCUT2D eigenvalue weighted by atomic mass is 32.2. The Kier molecular flexibility index (Phi) is 9.95. The molecule has 0 saturated heterocycles. The second-order valence-electron chi connectivity index (χ2n) is 5.01. The van der Waals surface area contributed by atoms with Crippen LogP contribution in [0.15, 0.2) is 35.3 Å². The number of carbonyl (C=O) groups is 1. The Morgan fingerprint density at radius 2 is 1.96 bits per heavy atom. The molecule has 0 bridgehead atoms. The maximum Gasteiger partial charge on any atom is 0.244 e. The van der Waals surface area contributed by atoms with Gasteiger partial charge in [0.2, 0.25) is 5.91 Å². The number of aliphatic imine (C=N–C) groups is 1. The fraction of sp³-hybridized carbons (Fsp3) is 0.529. The van der Waals surface area contributed by atoms with E-state index in [1.165, 1.54) is 0 Å². The minimum atomic E-state index is 0.0402. The second-order valence-corrected chi connectivity index (χ2v) is 5.99. The number of rotatable bonds is 9. The van der Waals surface area contributed by atoms with Crippen LogP contribution in [0, 0.1) is 0 Å². The quantitative estimate of drug-likeness (QED) is 0.411. The van der Waals surface area contributed by atoms with E-state index in [-0.39, 0.29) is 12.5 Å². The largest absolute Gasteiger partial charge is 0.357 e. The summed E-state index contributed by atoms with van der Waals surface area (Å²) in [6, 6.07) is 10.0. The zero-order valence-corrected chi connectivity index (χ0v) is 15.2. The van der Waals surface area contributed by atoms with Crippen LogP contribution in [0.3, 0.4) is 0 Å². The summed E-state index contributed by atoms with van der Waals surface area (Å²) in [5.41, 5.74) is 1.14.